The van der Waals surface area contributed by atoms with Crippen molar-refractivity contribution in [2.24, 2.45) is 11.8 Å². The number of anilines is 2. The first-order chi connectivity index (χ1) is 13.3. The lowest BCUT2D eigenvalue weighted by Gasteiger charge is -2.30. The van der Waals surface area contributed by atoms with Crippen LogP contribution in [0.25, 0.3) is 0 Å². The van der Waals surface area contributed by atoms with Gasteiger partial charge in [0.1, 0.15) is 0 Å². The Morgan fingerprint density at radius 2 is 1.32 bits per heavy atom. The van der Waals surface area contributed by atoms with Crippen molar-refractivity contribution in [3.05, 3.63) is 95.5 Å². The molecule has 28 heavy (non-hydrogen) atoms. The summed E-state index contributed by atoms with van der Waals surface area (Å²) in [5, 5.41) is 4.39. The highest BCUT2D eigenvalue weighted by Gasteiger charge is 2.29. The molecule has 1 aliphatic rings. The molecular weight excluding hydrogens is 387 g/mol. The first-order valence-electron chi connectivity index (χ1n) is 9.62. The molecule has 0 radical (unpaired) electrons. The zero-order valence-electron chi connectivity index (χ0n) is 15.8. The van der Waals surface area contributed by atoms with Crippen LogP contribution in [0.1, 0.15) is 5.56 Å². The summed E-state index contributed by atoms with van der Waals surface area (Å²) >= 11 is 6.12. The van der Waals surface area contributed by atoms with Gasteiger partial charge in [-0.05, 0) is 73.3 Å². The molecule has 0 aromatic heterocycles. The third-order valence-corrected chi connectivity index (χ3v) is 5.70. The summed E-state index contributed by atoms with van der Waals surface area (Å²) in [5.41, 5.74) is 3.84. The van der Waals surface area contributed by atoms with E-state index < -0.39 is 0 Å². The number of para-hydroxylation sites is 1. The van der Waals surface area contributed by atoms with Crippen molar-refractivity contribution in [3.8, 4) is 0 Å². The van der Waals surface area contributed by atoms with Crippen LogP contribution in [0.4, 0.5) is 11.4 Å². The van der Waals surface area contributed by atoms with Crippen molar-refractivity contribution in [2.75, 3.05) is 24.5 Å². The first-order valence-corrected chi connectivity index (χ1v) is 10.0. The van der Waals surface area contributed by atoms with E-state index >= 15 is 0 Å². The van der Waals surface area contributed by atoms with Gasteiger partial charge in [-0.15, -0.1) is 12.4 Å². The van der Waals surface area contributed by atoms with Gasteiger partial charge >= 0.3 is 0 Å². The average Bonchev–Trinajstić information content (AvgIpc) is 3.15. The number of halogens is 2. The van der Waals surface area contributed by atoms with E-state index in [9.17, 15) is 0 Å². The quantitative estimate of drug-likeness (QED) is 0.535. The van der Waals surface area contributed by atoms with E-state index in [1.54, 1.807) is 0 Å². The second-order valence-electron chi connectivity index (χ2n) is 7.29. The number of rotatable bonds is 6. The van der Waals surface area contributed by atoms with E-state index in [0.717, 1.165) is 31.1 Å². The highest BCUT2D eigenvalue weighted by molar-refractivity contribution is 6.30. The molecule has 2 unspecified atom stereocenters. The summed E-state index contributed by atoms with van der Waals surface area (Å²) in [6, 6.07) is 29.7. The Labute approximate surface area is 178 Å². The van der Waals surface area contributed by atoms with Crippen LogP contribution < -0.4 is 10.2 Å². The van der Waals surface area contributed by atoms with Crippen molar-refractivity contribution in [3.63, 3.8) is 0 Å². The Balaban J connectivity index is 0.00000225. The van der Waals surface area contributed by atoms with E-state index in [1.165, 1.54) is 16.9 Å². The molecule has 1 heterocycles. The molecule has 0 bridgehead atoms. The number of hydrogen-bond acceptors (Lipinski definition) is 2. The standard InChI is InChI=1S/C24H25ClN2.ClH/c25-22-11-13-24(14-12-22)27(23-9-5-2-6-10-23)18-21-17-26-16-20(21)15-19-7-3-1-4-8-19;/h1-14,20-21,26H,15-18H2;1H. The van der Waals surface area contributed by atoms with Gasteiger partial charge < -0.3 is 10.2 Å². The SMILES string of the molecule is Cl.Clc1ccc(N(CC2CNCC2Cc2ccccc2)c2ccccc2)cc1. The lowest BCUT2D eigenvalue weighted by atomic mass is 9.89. The average molecular weight is 413 g/mol. The Morgan fingerprint density at radius 1 is 0.750 bits per heavy atom. The summed E-state index contributed by atoms with van der Waals surface area (Å²) in [6.07, 6.45) is 1.13. The van der Waals surface area contributed by atoms with Crippen molar-refractivity contribution in [1.29, 1.82) is 0 Å². The first kappa shape index (κ1) is 20.7. The van der Waals surface area contributed by atoms with Gasteiger partial charge in [0, 0.05) is 22.9 Å². The van der Waals surface area contributed by atoms with Crippen molar-refractivity contribution in [2.45, 2.75) is 6.42 Å². The zero-order chi connectivity index (χ0) is 18.5. The van der Waals surface area contributed by atoms with Crippen molar-refractivity contribution >= 4 is 35.4 Å². The Kier molecular flexibility index (Phi) is 7.38. The molecule has 0 spiro atoms. The second kappa shape index (κ2) is 9.97. The van der Waals surface area contributed by atoms with E-state index in [1.807, 2.05) is 12.1 Å². The summed E-state index contributed by atoms with van der Waals surface area (Å²) in [5.74, 6) is 1.24. The van der Waals surface area contributed by atoms with E-state index in [0.29, 0.717) is 11.8 Å². The fourth-order valence-electron chi connectivity index (χ4n) is 3.98. The predicted molar refractivity (Wildman–Crippen MR) is 122 cm³/mol. The fourth-order valence-corrected chi connectivity index (χ4v) is 4.11. The molecule has 4 heteroatoms. The molecule has 1 N–H and O–H groups in total. The van der Waals surface area contributed by atoms with Crippen molar-refractivity contribution in [1.82, 2.24) is 5.32 Å². The lowest BCUT2D eigenvalue weighted by molar-refractivity contribution is 0.423. The smallest absolute Gasteiger partial charge is 0.0411 e. The van der Waals surface area contributed by atoms with Crippen LogP contribution in [0.5, 0.6) is 0 Å². The largest absolute Gasteiger partial charge is 0.341 e. The van der Waals surface area contributed by atoms with E-state index in [-0.39, 0.29) is 12.4 Å². The summed E-state index contributed by atoms with van der Waals surface area (Å²) in [7, 11) is 0. The van der Waals surface area contributed by atoms with Crippen LogP contribution >= 0.6 is 24.0 Å². The minimum absolute atomic E-state index is 0. The normalized spacial score (nSPS) is 18.5. The summed E-state index contributed by atoms with van der Waals surface area (Å²) in [6.45, 7) is 3.15. The molecule has 0 aliphatic carbocycles. The van der Waals surface area contributed by atoms with E-state index in [4.69, 9.17) is 11.6 Å². The number of hydrogen-bond donors (Lipinski definition) is 1. The van der Waals surface area contributed by atoms with Gasteiger partial charge in [0.25, 0.3) is 0 Å². The maximum absolute atomic E-state index is 6.12. The zero-order valence-corrected chi connectivity index (χ0v) is 17.4. The molecule has 0 saturated carbocycles. The van der Waals surface area contributed by atoms with Crippen LogP contribution in [-0.4, -0.2) is 19.6 Å². The molecule has 1 aliphatic heterocycles. The minimum Gasteiger partial charge on any atom is -0.341 e. The number of nitrogens with one attached hydrogen (secondary N) is 1. The number of benzene rings is 3. The van der Waals surface area contributed by atoms with Crippen LogP contribution in [0.15, 0.2) is 84.9 Å². The molecule has 2 nitrogen and oxygen atoms in total. The van der Waals surface area contributed by atoms with Gasteiger partial charge in [-0.2, -0.15) is 0 Å². The van der Waals surface area contributed by atoms with E-state index in [2.05, 4.69) is 83.0 Å². The van der Waals surface area contributed by atoms with Gasteiger partial charge in [0.2, 0.25) is 0 Å². The predicted octanol–water partition coefficient (Wildman–Crippen LogP) is 5.98. The highest BCUT2D eigenvalue weighted by atomic mass is 35.5. The fraction of sp³-hybridized carbons (Fsp3) is 0.250. The summed E-state index contributed by atoms with van der Waals surface area (Å²) < 4.78 is 0. The molecule has 2 atom stereocenters. The topological polar surface area (TPSA) is 15.3 Å². The molecule has 4 rings (SSSR count). The molecule has 3 aromatic rings. The second-order valence-corrected chi connectivity index (χ2v) is 7.73. The minimum atomic E-state index is 0. The van der Waals surface area contributed by atoms with Gasteiger partial charge in [-0.1, -0.05) is 60.1 Å². The number of nitrogens with zero attached hydrogens (tertiary/aromatic N) is 1. The molecule has 1 fully saturated rings. The molecular formula is C24H26Cl2N2. The Bertz CT molecular complexity index is 837. The van der Waals surface area contributed by atoms with Crippen LogP contribution in [0.2, 0.25) is 5.02 Å². The van der Waals surface area contributed by atoms with Gasteiger partial charge in [0.15, 0.2) is 0 Å². The van der Waals surface area contributed by atoms with Gasteiger partial charge in [-0.25, -0.2) is 0 Å². The Morgan fingerprint density at radius 3 is 2.00 bits per heavy atom. The summed E-state index contributed by atoms with van der Waals surface area (Å²) in [4.78, 5) is 2.42. The lowest BCUT2D eigenvalue weighted by Crippen LogP contribution is -2.30. The Hall–Kier alpha value is -2.00. The molecule has 3 aromatic carbocycles. The van der Waals surface area contributed by atoms with Gasteiger partial charge in [-0.3, -0.25) is 0 Å². The molecule has 0 amide bonds. The third kappa shape index (κ3) is 5.08. The maximum Gasteiger partial charge on any atom is 0.0411 e. The highest BCUT2D eigenvalue weighted by Crippen LogP contribution is 2.31. The van der Waals surface area contributed by atoms with Gasteiger partial charge in [0.05, 0.1) is 0 Å². The molecule has 146 valence electrons. The third-order valence-electron chi connectivity index (χ3n) is 5.44. The monoisotopic (exact) mass is 412 g/mol. The molecule has 1 saturated heterocycles. The maximum atomic E-state index is 6.12. The van der Waals surface area contributed by atoms with Crippen LogP contribution in [-0.2, 0) is 6.42 Å². The van der Waals surface area contributed by atoms with Crippen molar-refractivity contribution < 1.29 is 0 Å². The van der Waals surface area contributed by atoms with Crippen LogP contribution in [0.3, 0.4) is 0 Å². The van der Waals surface area contributed by atoms with Crippen LogP contribution in [0, 0.1) is 11.8 Å².